The molecule has 0 radical (unpaired) electrons. The molecule has 0 bridgehead atoms. The summed E-state index contributed by atoms with van der Waals surface area (Å²) in [5, 5.41) is 3.39. The summed E-state index contributed by atoms with van der Waals surface area (Å²) in [7, 11) is 0. The number of carbonyl (C=O) groups excluding carboxylic acids is 3. The van der Waals surface area contributed by atoms with Crippen molar-refractivity contribution in [3.8, 4) is 11.1 Å². The van der Waals surface area contributed by atoms with Crippen molar-refractivity contribution >= 4 is 17.8 Å². The molecule has 0 saturated carbocycles. The number of benzene rings is 3. The van der Waals surface area contributed by atoms with Crippen LogP contribution in [-0.2, 0) is 10.3 Å². The number of amides is 4. The fourth-order valence-electron chi connectivity index (χ4n) is 3.32. The molecule has 2 N–H and O–H groups in total. The van der Waals surface area contributed by atoms with Gasteiger partial charge in [-0.15, -0.1) is 0 Å². The van der Waals surface area contributed by atoms with Gasteiger partial charge in [0.2, 0.25) is 0 Å². The van der Waals surface area contributed by atoms with Crippen molar-refractivity contribution in [3.05, 3.63) is 96.1 Å². The van der Waals surface area contributed by atoms with Crippen LogP contribution in [0.25, 0.3) is 11.1 Å². The SMILES string of the molecule is C[C@]1(c2ccccc2)NC(=O)N(NC(=O)c2ccc(-c3ccccc3)cc2)C1=O. The Morgan fingerprint density at radius 2 is 1.38 bits per heavy atom. The van der Waals surface area contributed by atoms with Gasteiger partial charge in [0, 0.05) is 5.56 Å². The van der Waals surface area contributed by atoms with Gasteiger partial charge in [0.25, 0.3) is 11.8 Å². The molecule has 4 rings (SSSR count). The van der Waals surface area contributed by atoms with E-state index < -0.39 is 23.4 Å². The maximum atomic E-state index is 12.9. The molecular formula is C23H19N3O3. The first-order chi connectivity index (χ1) is 14.0. The quantitative estimate of drug-likeness (QED) is 0.675. The number of hydrogen-bond donors (Lipinski definition) is 2. The molecule has 3 aromatic carbocycles. The van der Waals surface area contributed by atoms with E-state index in [-0.39, 0.29) is 0 Å². The van der Waals surface area contributed by atoms with Crippen LogP contribution in [0.4, 0.5) is 4.79 Å². The van der Waals surface area contributed by atoms with Crippen LogP contribution < -0.4 is 10.7 Å². The van der Waals surface area contributed by atoms with Crippen molar-refractivity contribution < 1.29 is 14.4 Å². The van der Waals surface area contributed by atoms with E-state index in [1.54, 1.807) is 43.3 Å². The third-order valence-corrected chi connectivity index (χ3v) is 5.01. The van der Waals surface area contributed by atoms with Gasteiger partial charge in [0.15, 0.2) is 0 Å². The molecule has 3 aromatic rings. The monoisotopic (exact) mass is 385 g/mol. The highest BCUT2D eigenvalue weighted by Crippen LogP contribution is 2.27. The van der Waals surface area contributed by atoms with Crippen molar-refractivity contribution in [2.45, 2.75) is 12.5 Å². The maximum absolute atomic E-state index is 12.9. The molecule has 6 heteroatoms. The summed E-state index contributed by atoms with van der Waals surface area (Å²) in [5.74, 6) is -1.08. The van der Waals surface area contributed by atoms with Crippen molar-refractivity contribution in [3.63, 3.8) is 0 Å². The lowest BCUT2D eigenvalue weighted by Crippen LogP contribution is -2.47. The van der Waals surface area contributed by atoms with E-state index in [2.05, 4.69) is 10.7 Å². The molecule has 0 unspecified atom stereocenters. The fraction of sp³-hybridized carbons (Fsp3) is 0.0870. The number of nitrogens with zero attached hydrogens (tertiary/aromatic N) is 1. The molecule has 6 nitrogen and oxygen atoms in total. The Balaban J connectivity index is 1.51. The summed E-state index contributed by atoms with van der Waals surface area (Å²) < 4.78 is 0. The molecule has 144 valence electrons. The zero-order valence-electron chi connectivity index (χ0n) is 15.8. The minimum atomic E-state index is -1.23. The number of urea groups is 1. The standard InChI is InChI=1S/C23H19N3O3/c1-23(19-10-6-3-7-11-19)21(28)26(22(29)24-23)25-20(27)18-14-12-17(13-15-18)16-8-4-2-5-9-16/h2-15H,1H3,(H,24,29)(H,25,27)/t23-/m1/s1. The molecule has 1 heterocycles. The summed E-state index contributed by atoms with van der Waals surface area (Å²) in [6, 6.07) is 25.0. The summed E-state index contributed by atoms with van der Waals surface area (Å²) in [6.45, 7) is 1.61. The largest absolute Gasteiger partial charge is 0.344 e. The summed E-state index contributed by atoms with van der Waals surface area (Å²) in [5.41, 5.74) is 4.17. The van der Waals surface area contributed by atoms with Crippen LogP contribution in [0.3, 0.4) is 0 Å². The smallest absolute Gasteiger partial charge is 0.318 e. The van der Waals surface area contributed by atoms with Crippen LogP contribution >= 0.6 is 0 Å². The van der Waals surface area contributed by atoms with E-state index in [0.29, 0.717) is 11.1 Å². The normalized spacial score (nSPS) is 18.4. The van der Waals surface area contributed by atoms with Crippen LogP contribution in [0.1, 0.15) is 22.8 Å². The molecule has 1 saturated heterocycles. The second-order valence-electron chi connectivity index (χ2n) is 6.95. The van der Waals surface area contributed by atoms with E-state index in [0.717, 1.165) is 16.1 Å². The van der Waals surface area contributed by atoms with Gasteiger partial charge < -0.3 is 5.32 Å². The number of rotatable bonds is 4. The van der Waals surface area contributed by atoms with Gasteiger partial charge in [0.05, 0.1) is 0 Å². The predicted molar refractivity (Wildman–Crippen MR) is 109 cm³/mol. The molecule has 4 amide bonds. The first-order valence-corrected chi connectivity index (χ1v) is 9.18. The molecule has 1 aliphatic rings. The Labute approximate surface area is 168 Å². The van der Waals surface area contributed by atoms with Gasteiger partial charge in [-0.2, -0.15) is 5.01 Å². The van der Waals surface area contributed by atoms with Crippen LogP contribution in [0.15, 0.2) is 84.9 Å². The molecule has 1 fully saturated rings. The van der Waals surface area contributed by atoms with E-state index in [1.807, 2.05) is 48.5 Å². The van der Waals surface area contributed by atoms with Gasteiger partial charge in [0.1, 0.15) is 5.54 Å². The average Bonchev–Trinajstić information content (AvgIpc) is 2.99. The van der Waals surface area contributed by atoms with E-state index in [4.69, 9.17) is 0 Å². The van der Waals surface area contributed by atoms with Crippen LogP contribution in [0, 0.1) is 0 Å². The van der Waals surface area contributed by atoms with E-state index >= 15 is 0 Å². The summed E-state index contributed by atoms with van der Waals surface area (Å²) >= 11 is 0. The Morgan fingerprint density at radius 3 is 2.00 bits per heavy atom. The Bertz CT molecular complexity index is 1070. The topological polar surface area (TPSA) is 78.5 Å². The highest BCUT2D eigenvalue weighted by molar-refractivity contribution is 6.09. The van der Waals surface area contributed by atoms with Gasteiger partial charge in [-0.05, 0) is 35.7 Å². The Kier molecular flexibility index (Phi) is 4.60. The van der Waals surface area contributed by atoms with E-state index in [1.165, 1.54) is 0 Å². The first-order valence-electron chi connectivity index (χ1n) is 9.18. The van der Waals surface area contributed by atoms with Crippen LogP contribution in [0.5, 0.6) is 0 Å². The Morgan fingerprint density at radius 1 is 0.828 bits per heavy atom. The molecule has 0 spiro atoms. The second kappa shape index (κ2) is 7.24. The van der Waals surface area contributed by atoms with Crippen LogP contribution in [0.2, 0.25) is 0 Å². The van der Waals surface area contributed by atoms with Crippen molar-refractivity contribution in [1.82, 2.24) is 15.8 Å². The molecule has 0 aliphatic carbocycles. The van der Waals surface area contributed by atoms with E-state index in [9.17, 15) is 14.4 Å². The lowest BCUT2D eigenvalue weighted by Gasteiger charge is -2.22. The minimum Gasteiger partial charge on any atom is -0.318 e. The Hall–Kier alpha value is -3.93. The van der Waals surface area contributed by atoms with Crippen molar-refractivity contribution in [2.24, 2.45) is 0 Å². The van der Waals surface area contributed by atoms with Gasteiger partial charge in [-0.1, -0.05) is 72.8 Å². The number of hydrogen-bond acceptors (Lipinski definition) is 3. The molecule has 1 aliphatic heterocycles. The van der Waals surface area contributed by atoms with Crippen LogP contribution in [-0.4, -0.2) is 22.9 Å². The molecule has 1 atom stereocenters. The summed E-state index contributed by atoms with van der Waals surface area (Å²) in [4.78, 5) is 37.8. The second-order valence-corrected chi connectivity index (χ2v) is 6.95. The zero-order chi connectivity index (χ0) is 20.4. The molecular weight excluding hydrogens is 366 g/mol. The lowest BCUT2D eigenvalue weighted by molar-refractivity contribution is -0.132. The van der Waals surface area contributed by atoms with Gasteiger partial charge >= 0.3 is 6.03 Å². The third-order valence-electron chi connectivity index (χ3n) is 5.01. The van der Waals surface area contributed by atoms with Crippen molar-refractivity contribution in [2.75, 3.05) is 0 Å². The number of carbonyl (C=O) groups is 3. The van der Waals surface area contributed by atoms with Crippen molar-refractivity contribution in [1.29, 1.82) is 0 Å². The molecule has 29 heavy (non-hydrogen) atoms. The summed E-state index contributed by atoms with van der Waals surface area (Å²) in [6.07, 6.45) is 0. The highest BCUT2D eigenvalue weighted by atomic mass is 16.2. The third kappa shape index (κ3) is 3.36. The van der Waals surface area contributed by atoms with Gasteiger partial charge in [-0.3, -0.25) is 15.0 Å². The fourth-order valence-corrected chi connectivity index (χ4v) is 3.32. The first kappa shape index (κ1) is 18.4. The highest BCUT2D eigenvalue weighted by Gasteiger charge is 2.50. The predicted octanol–water partition coefficient (Wildman–Crippen LogP) is 3.47. The number of nitrogens with one attached hydrogen (secondary N) is 2. The van der Waals surface area contributed by atoms with Gasteiger partial charge in [-0.25, -0.2) is 4.79 Å². The lowest BCUT2D eigenvalue weighted by atomic mass is 9.92. The average molecular weight is 385 g/mol. The maximum Gasteiger partial charge on any atom is 0.344 e. The minimum absolute atomic E-state index is 0.346. The molecule has 0 aromatic heterocycles. The zero-order valence-corrected chi connectivity index (χ0v) is 15.8. The number of hydrazine groups is 1. The number of imide groups is 1.